The molecular weight excluding hydrogens is 415 g/mol. The van der Waals surface area contributed by atoms with Crippen LogP contribution in [0.2, 0.25) is 5.02 Å². The monoisotopic (exact) mass is 424 g/mol. The van der Waals surface area contributed by atoms with Gasteiger partial charge in [0.05, 0.1) is 10.6 Å². The van der Waals surface area contributed by atoms with Crippen LogP contribution in [-0.4, -0.2) is 10.9 Å². The van der Waals surface area contributed by atoms with Crippen LogP contribution in [0.1, 0.15) is 20.8 Å². The molecule has 0 saturated carbocycles. The highest BCUT2D eigenvalue weighted by atomic mass is 79.9. The summed E-state index contributed by atoms with van der Waals surface area (Å²) in [4.78, 5) is 17.5. The number of nitrogens with zero attached hydrogens (tertiary/aromatic N) is 1. The zero-order valence-corrected chi connectivity index (χ0v) is 15.4. The van der Waals surface area contributed by atoms with Crippen LogP contribution in [0, 0.1) is 5.82 Å². The number of anilines is 1. The van der Waals surface area contributed by atoms with Gasteiger partial charge in [0, 0.05) is 22.0 Å². The Kier molecular flexibility index (Phi) is 5.28. The van der Waals surface area contributed by atoms with Crippen molar-refractivity contribution in [2.45, 2.75) is 6.42 Å². The van der Waals surface area contributed by atoms with Crippen molar-refractivity contribution in [2.75, 3.05) is 5.32 Å². The van der Waals surface area contributed by atoms with Crippen molar-refractivity contribution < 1.29 is 9.18 Å². The van der Waals surface area contributed by atoms with E-state index in [0.717, 1.165) is 14.9 Å². The van der Waals surface area contributed by atoms with E-state index in [9.17, 15) is 9.18 Å². The van der Waals surface area contributed by atoms with Crippen molar-refractivity contribution in [3.63, 3.8) is 0 Å². The summed E-state index contributed by atoms with van der Waals surface area (Å²) in [5.74, 6) is -0.578. The quantitative estimate of drug-likeness (QED) is 0.596. The Hall–Kier alpha value is -1.76. The number of aromatic nitrogens is 1. The molecule has 0 bridgehead atoms. The second-order valence-electron chi connectivity index (χ2n) is 5.01. The maximum atomic E-state index is 12.9. The van der Waals surface area contributed by atoms with Crippen LogP contribution in [0.3, 0.4) is 0 Å². The number of benzene rings is 2. The van der Waals surface area contributed by atoms with Crippen LogP contribution in [0.5, 0.6) is 0 Å². The van der Waals surface area contributed by atoms with E-state index in [0.29, 0.717) is 22.1 Å². The molecule has 122 valence electrons. The van der Waals surface area contributed by atoms with E-state index < -0.39 is 0 Å². The van der Waals surface area contributed by atoms with Crippen molar-refractivity contribution in [2.24, 2.45) is 0 Å². The first-order chi connectivity index (χ1) is 11.5. The zero-order valence-electron chi connectivity index (χ0n) is 12.2. The fourth-order valence-electron chi connectivity index (χ4n) is 2.09. The predicted octanol–water partition coefficient (Wildman–Crippen LogP) is 5.54. The number of hydrogen-bond donors (Lipinski definition) is 1. The average molecular weight is 426 g/mol. The minimum absolute atomic E-state index is 0.262. The first kappa shape index (κ1) is 17.1. The van der Waals surface area contributed by atoms with E-state index in [1.807, 2.05) is 0 Å². The lowest BCUT2D eigenvalue weighted by Crippen LogP contribution is -2.12. The molecule has 0 aliphatic carbocycles. The number of hydrogen-bond acceptors (Lipinski definition) is 3. The molecule has 3 rings (SSSR count). The SMILES string of the molecule is O=C(Nc1ncc(Cc2ccc(F)cc2)s1)c1cc(Br)ccc1Cl. The summed E-state index contributed by atoms with van der Waals surface area (Å²) >= 11 is 10.7. The van der Waals surface area contributed by atoms with Crippen molar-refractivity contribution in [3.05, 3.63) is 80.0 Å². The van der Waals surface area contributed by atoms with Crippen molar-refractivity contribution in [3.8, 4) is 0 Å². The first-order valence-electron chi connectivity index (χ1n) is 6.97. The van der Waals surface area contributed by atoms with E-state index in [4.69, 9.17) is 11.6 Å². The Balaban J connectivity index is 1.70. The van der Waals surface area contributed by atoms with Gasteiger partial charge in [-0.25, -0.2) is 9.37 Å². The van der Waals surface area contributed by atoms with Gasteiger partial charge in [-0.3, -0.25) is 10.1 Å². The summed E-state index contributed by atoms with van der Waals surface area (Å²) < 4.78 is 13.7. The van der Waals surface area contributed by atoms with E-state index in [1.54, 1.807) is 36.5 Å². The van der Waals surface area contributed by atoms with E-state index in [-0.39, 0.29) is 11.7 Å². The molecule has 24 heavy (non-hydrogen) atoms. The van der Waals surface area contributed by atoms with Gasteiger partial charge in [-0.15, -0.1) is 11.3 Å². The van der Waals surface area contributed by atoms with Gasteiger partial charge in [0.25, 0.3) is 5.91 Å². The molecule has 2 aromatic carbocycles. The third kappa shape index (κ3) is 4.20. The fourth-order valence-corrected chi connectivity index (χ4v) is 3.49. The highest BCUT2D eigenvalue weighted by Crippen LogP contribution is 2.25. The number of halogens is 3. The average Bonchev–Trinajstić information content (AvgIpc) is 2.99. The van der Waals surface area contributed by atoms with Gasteiger partial charge in [0.1, 0.15) is 5.82 Å². The number of amides is 1. The van der Waals surface area contributed by atoms with E-state index in [2.05, 4.69) is 26.2 Å². The summed E-state index contributed by atoms with van der Waals surface area (Å²) in [6.45, 7) is 0. The summed E-state index contributed by atoms with van der Waals surface area (Å²) in [5.41, 5.74) is 1.36. The van der Waals surface area contributed by atoms with Crippen LogP contribution >= 0.6 is 38.9 Å². The zero-order chi connectivity index (χ0) is 17.1. The summed E-state index contributed by atoms with van der Waals surface area (Å²) in [7, 11) is 0. The smallest absolute Gasteiger partial charge is 0.258 e. The van der Waals surface area contributed by atoms with Gasteiger partial charge in [0.2, 0.25) is 0 Å². The molecule has 0 fully saturated rings. The molecule has 3 aromatic rings. The van der Waals surface area contributed by atoms with Crippen LogP contribution in [-0.2, 0) is 6.42 Å². The standard InChI is InChI=1S/C17H11BrClFN2OS/c18-11-3-6-15(19)14(8-11)16(23)22-17-21-9-13(24-17)7-10-1-4-12(20)5-2-10/h1-6,8-9H,7H2,(H,21,22,23). The fraction of sp³-hybridized carbons (Fsp3) is 0.0588. The van der Waals surface area contributed by atoms with E-state index >= 15 is 0 Å². The molecule has 0 unspecified atom stereocenters. The minimum atomic E-state index is -0.316. The molecule has 1 heterocycles. The summed E-state index contributed by atoms with van der Waals surface area (Å²) in [6.07, 6.45) is 2.33. The highest BCUT2D eigenvalue weighted by molar-refractivity contribution is 9.10. The lowest BCUT2D eigenvalue weighted by atomic mass is 10.1. The molecule has 0 saturated heterocycles. The number of carbonyl (C=O) groups excluding carboxylic acids is 1. The maximum Gasteiger partial charge on any atom is 0.258 e. The van der Waals surface area contributed by atoms with Crippen molar-refractivity contribution in [1.29, 1.82) is 0 Å². The Morgan fingerprint density at radius 2 is 2.00 bits per heavy atom. The lowest BCUT2D eigenvalue weighted by molar-refractivity contribution is 0.102. The van der Waals surface area contributed by atoms with E-state index in [1.165, 1.54) is 23.5 Å². The lowest BCUT2D eigenvalue weighted by Gasteiger charge is -2.04. The molecule has 0 atom stereocenters. The van der Waals surface area contributed by atoms with Crippen LogP contribution < -0.4 is 5.32 Å². The maximum absolute atomic E-state index is 12.9. The minimum Gasteiger partial charge on any atom is -0.298 e. The Morgan fingerprint density at radius 3 is 2.75 bits per heavy atom. The molecule has 7 heteroatoms. The van der Waals surface area contributed by atoms with Crippen LogP contribution in [0.25, 0.3) is 0 Å². The third-order valence-electron chi connectivity index (χ3n) is 3.24. The van der Waals surface area contributed by atoms with Gasteiger partial charge in [-0.05, 0) is 35.9 Å². The Morgan fingerprint density at radius 1 is 1.25 bits per heavy atom. The second kappa shape index (κ2) is 7.42. The number of carbonyl (C=O) groups is 1. The normalized spacial score (nSPS) is 10.6. The highest BCUT2D eigenvalue weighted by Gasteiger charge is 2.13. The number of thiazole rings is 1. The number of nitrogens with one attached hydrogen (secondary N) is 1. The molecule has 1 amide bonds. The molecule has 0 radical (unpaired) electrons. The van der Waals surface area contributed by atoms with Gasteiger partial charge in [-0.2, -0.15) is 0 Å². The Labute approximate surface area is 155 Å². The van der Waals surface area contributed by atoms with Gasteiger partial charge >= 0.3 is 0 Å². The molecule has 3 nitrogen and oxygen atoms in total. The summed E-state index contributed by atoms with van der Waals surface area (Å²) in [5, 5.41) is 3.61. The summed E-state index contributed by atoms with van der Waals surface area (Å²) in [6, 6.07) is 11.4. The molecule has 0 aliphatic heterocycles. The second-order valence-corrected chi connectivity index (χ2v) is 7.45. The molecule has 0 spiro atoms. The topological polar surface area (TPSA) is 42.0 Å². The molecular formula is C17H11BrClFN2OS. The molecule has 1 N–H and O–H groups in total. The third-order valence-corrected chi connectivity index (χ3v) is 4.97. The van der Waals surface area contributed by atoms with Gasteiger partial charge in [-0.1, -0.05) is 39.7 Å². The van der Waals surface area contributed by atoms with Crippen LogP contribution in [0.15, 0.2) is 53.1 Å². The van der Waals surface area contributed by atoms with Gasteiger partial charge in [0.15, 0.2) is 5.13 Å². The van der Waals surface area contributed by atoms with Crippen molar-refractivity contribution >= 4 is 49.9 Å². The largest absolute Gasteiger partial charge is 0.298 e. The molecule has 1 aromatic heterocycles. The van der Waals surface area contributed by atoms with Crippen molar-refractivity contribution in [1.82, 2.24) is 4.98 Å². The Bertz CT molecular complexity index is 883. The first-order valence-corrected chi connectivity index (χ1v) is 8.95. The number of rotatable bonds is 4. The van der Waals surface area contributed by atoms with Gasteiger partial charge < -0.3 is 0 Å². The molecule has 0 aliphatic rings. The van der Waals surface area contributed by atoms with Crippen LogP contribution in [0.4, 0.5) is 9.52 Å². The predicted molar refractivity (Wildman–Crippen MR) is 98.4 cm³/mol.